The molecule has 1 aromatic carbocycles. The molecule has 0 bridgehead atoms. The predicted octanol–water partition coefficient (Wildman–Crippen LogP) is 2.29. The van der Waals surface area contributed by atoms with Crippen molar-refractivity contribution >= 4 is 5.97 Å². The van der Waals surface area contributed by atoms with Crippen LogP contribution in [0.4, 0.5) is 0 Å². The van der Waals surface area contributed by atoms with E-state index in [-0.39, 0.29) is 0 Å². The van der Waals surface area contributed by atoms with Gasteiger partial charge in [0.1, 0.15) is 0 Å². The van der Waals surface area contributed by atoms with Crippen molar-refractivity contribution < 1.29 is 23.7 Å². The smallest absolute Gasteiger partial charge is 0.341 e. The quantitative estimate of drug-likeness (QED) is 0.797. The Labute approximate surface area is 125 Å². The summed E-state index contributed by atoms with van der Waals surface area (Å²) in [5, 5.41) is 0. The maximum absolute atomic E-state index is 12.4. The van der Waals surface area contributed by atoms with Gasteiger partial charge in [-0.15, -0.1) is 0 Å². The van der Waals surface area contributed by atoms with Gasteiger partial charge in [0.05, 0.1) is 0 Å². The van der Waals surface area contributed by atoms with Crippen molar-refractivity contribution in [1.29, 1.82) is 0 Å². The van der Waals surface area contributed by atoms with E-state index in [1.54, 1.807) is 20.8 Å². The van der Waals surface area contributed by atoms with Crippen LogP contribution in [0.15, 0.2) is 30.3 Å². The highest BCUT2D eigenvalue weighted by atomic mass is 16.8. The van der Waals surface area contributed by atoms with Gasteiger partial charge in [0.15, 0.2) is 5.60 Å². The predicted molar refractivity (Wildman–Crippen MR) is 76.6 cm³/mol. The van der Waals surface area contributed by atoms with Gasteiger partial charge in [-0.3, -0.25) is 0 Å². The Bertz CT molecular complexity index is 517. The monoisotopic (exact) mass is 294 g/mol. The van der Waals surface area contributed by atoms with Gasteiger partial charge in [0.2, 0.25) is 5.79 Å². The zero-order chi connectivity index (χ0) is 15.7. The zero-order valence-electron chi connectivity index (χ0n) is 13.1. The molecule has 0 N–H and O–H groups in total. The van der Waals surface area contributed by atoms with Crippen molar-refractivity contribution in [2.45, 2.75) is 44.4 Å². The molecule has 5 nitrogen and oxygen atoms in total. The number of carbonyl (C=O) groups is 1. The fourth-order valence-electron chi connectivity index (χ4n) is 2.49. The minimum absolute atomic E-state index is 0.394. The molecule has 1 aromatic rings. The number of benzene rings is 1. The molecule has 1 aliphatic rings. The molecule has 1 heterocycles. The summed E-state index contributed by atoms with van der Waals surface area (Å²) in [5.74, 6) is -2.96. The van der Waals surface area contributed by atoms with Gasteiger partial charge in [-0.25, -0.2) is 4.79 Å². The van der Waals surface area contributed by atoms with Gasteiger partial charge >= 0.3 is 5.97 Å². The van der Waals surface area contributed by atoms with E-state index >= 15 is 0 Å². The highest BCUT2D eigenvalue weighted by molar-refractivity contribution is 5.80. The molecule has 0 saturated carbocycles. The van der Waals surface area contributed by atoms with Gasteiger partial charge in [0, 0.05) is 27.6 Å². The minimum Gasteiger partial charge on any atom is -0.425 e. The number of ether oxygens (including phenoxy) is 4. The third-order valence-electron chi connectivity index (χ3n) is 4.13. The second-order valence-corrected chi connectivity index (χ2v) is 5.68. The molecule has 5 heteroatoms. The molecule has 116 valence electrons. The summed E-state index contributed by atoms with van der Waals surface area (Å²) in [7, 11) is 2.95. The number of hydrogen-bond acceptors (Lipinski definition) is 5. The molecule has 1 fully saturated rings. The zero-order valence-corrected chi connectivity index (χ0v) is 13.1. The van der Waals surface area contributed by atoms with Crippen LogP contribution >= 0.6 is 0 Å². The summed E-state index contributed by atoms with van der Waals surface area (Å²) in [6.07, 6.45) is 0.394. The summed E-state index contributed by atoms with van der Waals surface area (Å²) in [6, 6.07) is 9.64. The van der Waals surface area contributed by atoms with Crippen molar-refractivity contribution in [1.82, 2.24) is 0 Å². The fourth-order valence-corrected chi connectivity index (χ4v) is 2.49. The second kappa shape index (κ2) is 5.40. The number of cyclic esters (lactones) is 1. The second-order valence-electron chi connectivity index (χ2n) is 5.68. The molecule has 0 aliphatic carbocycles. The molecule has 1 saturated heterocycles. The van der Waals surface area contributed by atoms with E-state index in [0.717, 1.165) is 5.56 Å². The van der Waals surface area contributed by atoms with E-state index in [2.05, 4.69) is 0 Å². The standard InChI is InChI=1S/C16H22O5/c1-14(11-12-9-7-6-8-10-12)13(17)20-15(2,18-4)16(3,19-5)21-14/h6-10H,11H2,1-5H3/t14-,15+,16+/m1/s1. The third kappa shape index (κ3) is 2.69. The van der Waals surface area contributed by atoms with E-state index in [4.69, 9.17) is 18.9 Å². The van der Waals surface area contributed by atoms with Gasteiger partial charge < -0.3 is 18.9 Å². The molecular weight excluding hydrogens is 272 g/mol. The Balaban J connectivity index is 2.31. The van der Waals surface area contributed by atoms with Gasteiger partial charge in [-0.2, -0.15) is 0 Å². The largest absolute Gasteiger partial charge is 0.425 e. The van der Waals surface area contributed by atoms with Crippen molar-refractivity contribution in [3.63, 3.8) is 0 Å². The van der Waals surface area contributed by atoms with Crippen molar-refractivity contribution in [3.05, 3.63) is 35.9 Å². The summed E-state index contributed by atoms with van der Waals surface area (Å²) in [5.41, 5.74) is -0.152. The molecule has 0 aromatic heterocycles. The molecule has 0 unspecified atom stereocenters. The lowest BCUT2D eigenvalue weighted by Crippen LogP contribution is -2.68. The Morgan fingerprint density at radius 1 is 1.00 bits per heavy atom. The maximum atomic E-state index is 12.4. The first-order valence-electron chi connectivity index (χ1n) is 6.86. The van der Waals surface area contributed by atoms with E-state index in [9.17, 15) is 4.79 Å². The van der Waals surface area contributed by atoms with Crippen LogP contribution in [0.5, 0.6) is 0 Å². The van der Waals surface area contributed by atoms with Crippen LogP contribution in [0.1, 0.15) is 26.3 Å². The number of carbonyl (C=O) groups excluding carboxylic acids is 1. The molecule has 0 spiro atoms. The maximum Gasteiger partial charge on any atom is 0.341 e. The molecular formula is C16H22O5. The van der Waals surface area contributed by atoms with Crippen molar-refractivity contribution in [2.75, 3.05) is 14.2 Å². The topological polar surface area (TPSA) is 54.0 Å². The van der Waals surface area contributed by atoms with Gasteiger partial charge in [-0.05, 0) is 19.4 Å². The summed E-state index contributed by atoms with van der Waals surface area (Å²) in [4.78, 5) is 12.4. The summed E-state index contributed by atoms with van der Waals surface area (Å²) in [6.45, 7) is 5.03. The third-order valence-corrected chi connectivity index (χ3v) is 4.13. The normalized spacial score (nSPS) is 36.3. The summed E-state index contributed by atoms with van der Waals surface area (Å²) < 4.78 is 22.3. The lowest BCUT2D eigenvalue weighted by atomic mass is 9.93. The van der Waals surface area contributed by atoms with Gasteiger partial charge in [-0.1, -0.05) is 30.3 Å². The Morgan fingerprint density at radius 2 is 1.57 bits per heavy atom. The van der Waals surface area contributed by atoms with Crippen LogP contribution in [0.3, 0.4) is 0 Å². The first-order chi connectivity index (χ1) is 9.78. The van der Waals surface area contributed by atoms with Crippen LogP contribution in [0.25, 0.3) is 0 Å². The highest BCUT2D eigenvalue weighted by Crippen LogP contribution is 2.42. The van der Waals surface area contributed by atoms with E-state index < -0.39 is 23.1 Å². The summed E-state index contributed by atoms with van der Waals surface area (Å²) >= 11 is 0. The molecule has 2 rings (SSSR count). The highest BCUT2D eigenvalue weighted by Gasteiger charge is 2.61. The van der Waals surface area contributed by atoms with Crippen LogP contribution in [0, 0.1) is 0 Å². The Kier molecular flexibility index (Phi) is 4.10. The van der Waals surface area contributed by atoms with E-state index in [1.165, 1.54) is 14.2 Å². The first-order valence-corrected chi connectivity index (χ1v) is 6.86. The number of rotatable bonds is 4. The van der Waals surface area contributed by atoms with Crippen LogP contribution in [0.2, 0.25) is 0 Å². The fraction of sp³-hybridized carbons (Fsp3) is 0.562. The number of esters is 1. The van der Waals surface area contributed by atoms with Crippen LogP contribution in [-0.2, 0) is 30.2 Å². The lowest BCUT2D eigenvalue weighted by Gasteiger charge is -2.51. The van der Waals surface area contributed by atoms with E-state index in [1.807, 2.05) is 30.3 Å². The van der Waals surface area contributed by atoms with Crippen molar-refractivity contribution in [3.8, 4) is 0 Å². The van der Waals surface area contributed by atoms with Crippen LogP contribution < -0.4 is 0 Å². The molecule has 3 atom stereocenters. The average Bonchev–Trinajstić information content (AvgIpc) is 2.46. The number of hydrogen-bond donors (Lipinski definition) is 0. The average molecular weight is 294 g/mol. The lowest BCUT2D eigenvalue weighted by molar-refractivity contribution is -0.420. The number of methoxy groups -OCH3 is 2. The van der Waals surface area contributed by atoms with Gasteiger partial charge in [0.25, 0.3) is 5.79 Å². The molecule has 0 radical (unpaired) electrons. The first kappa shape index (κ1) is 15.9. The van der Waals surface area contributed by atoms with E-state index in [0.29, 0.717) is 6.42 Å². The molecule has 0 amide bonds. The Morgan fingerprint density at radius 3 is 2.10 bits per heavy atom. The van der Waals surface area contributed by atoms with Crippen molar-refractivity contribution in [2.24, 2.45) is 0 Å². The Hall–Kier alpha value is -1.43. The van der Waals surface area contributed by atoms with Crippen LogP contribution in [-0.4, -0.2) is 37.4 Å². The molecule has 1 aliphatic heterocycles. The molecule has 21 heavy (non-hydrogen) atoms. The minimum atomic E-state index is -1.30. The SMILES string of the molecule is CO[C@@]1(C)OC(=O)[C@@](C)(Cc2ccccc2)O[C@]1(C)OC.